The zero-order valence-electron chi connectivity index (χ0n) is 9.88. The largest absolute Gasteiger partial charge is 0.478 e. The first-order chi connectivity index (χ1) is 8.54. The second-order valence-corrected chi connectivity index (χ2v) is 3.78. The molecule has 2 aromatic rings. The summed E-state index contributed by atoms with van der Waals surface area (Å²) in [5.74, 6) is -0.521. The molecule has 0 radical (unpaired) electrons. The second-order valence-electron chi connectivity index (χ2n) is 3.78. The summed E-state index contributed by atoms with van der Waals surface area (Å²) in [6, 6.07) is 5.21. The van der Waals surface area contributed by atoms with Gasteiger partial charge in [-0.05, 0) is 26.0 Å². The van der Waals surface area contributed by atoms with Gasteiger partial charge in [0.2, 0.25) is 0 Å². The molecule has 2 aromatic heterocycles. The molecule has 90 valence electrons. The van der Waals surface area contributed by atoms with Gasteiger partial charge in [0.05, 0.1) is 17.0 Å². The minimum atomic E-state index is -1.01. The van der Waals surface area contributed by atoms with Crippen molar-refractivity contribution < 1.29 is 9.90 Å². The van der Waals surface area contributed by atoms with Crippen molar-refractivity contribution >= 4 is 5.97 Å². The number of pyridine rings is 1. The molecule has 0 saturated heterocycles. The first-order valence-corrected chi connectivity index (χ1v) is 5.20. The van der Waals surface area contributed by atoms with E-state index >= 15 is 0 Å². The van der Waals surface area contributed by atoms with Crippen molar-refractivity contribution in [1.29, 1.82) is 5.26 Å². The average molecular weight is 242 g/mol. The summed E-state index contributed by atoms with van der Waals surface area (Å²) in [4.78, 5) is 15.2. The van der Waals surface area contributed by atoms with Gasteiger partial charge < -0.3 is 5.11 Å². The molecule has 2 rings (SSSR count). The van der Waals surface area contributed by atoms with E-state index in [0.717, 1.165) is 0 Å². The molecule has 18 heavy (non-hydrogen) atoms. The summed E-state index contributed by atoms with van der Waals surface area (Å²) in [5, 5.41) is 21.9. The molecular formula is C12H10N4O2. The van der Waals surface area contributed by atoms with Crippen molar-refractivity contribution in [2.24, 2.45) is 0 Å². The highest BCUT2D eigenvalue weighted by Gasteiger charge is 2.18. The summed E-state index contributed by atoms with van der Waals surface area (Å²) in [5.41, 5.74) is 1.57. The zero-order chi connectivity index (χ0) is 13.3. The number of nitrogens with zero attached hydrogens (tertiary/aromatic N) is 4. The highest BCUT2D eigenvalue weighted by Crippen LogP contribution is 2.16. The van der Waals surface area contributed by atoms with Crippen molar-refractivity contribution in [1.82, 2.24) is 14.8 Å². The van der Waals surface area contributed by atoms with E-state index in [1.807, 2.05) is 6.07 Å². The fourth-order valence-electron chi connectivity index (χ4n) is 1.75. The lowest BCUT2D eigenvalue weighted by Crippen LogP contribution is -2.04. The predicted molar refractivity (Wildman–Crippen MR) is 62.5 cm³/mol. The average Bonchev–Trinajstić information content (AvgIpc) is 2.65. The minimum Gasteiger partial charge on any atom is -0.478 e. The van der Waals surface area contributed by atoms with E-state index in [9.17, 15) is 4.79 Å². The van der Waals surface area contributed by atoms with Crippen LogP contribution in [0.5, 0.6) is 0 Å². The van der Waals surface area contributed by atoms with E-state index in [2.05, 4.69) is 10.1 Å². The lowest BCUT2D eigenvalue weighted by Gasteiger charge is -2.02. The molecule has 2 heterocycles. The molecular weight excluding hydrogens is 232 g/mol. The van der Waals surface area contributed by atoms with Crippen LogP contribution in [-0.2, 0) is 0 Å². The van der Waals surface area contributed by atoms with Crippen molar-refractivity contribution in [3.8, 4) is 11.9 Å². The lowest BCUT2D eigenvalue weighted by atomic mass is 10.2. The number of hydrogen-bond acceptors (Lipinski definition) is 4. The van der Waals surface area contributed by atoms with Crippen LogP contribution < -0.4 is 0 Å². The van der Waals surface area contributed by atoms with Gasteiger partial charge in [0.15, 0.2) is 5.82 Å². The number of rotatable bonds is 2. The maximum atomic E-state index is 11.1. The van der Waals surface area contributed by atoms with Gasteiger partial charge in [0, 0.05) is 6.20 Å². The van der Waals surface area contributed by atoms with Crippen LogP contribution in [0.2, 0.25) is 0 Å². The van der Waals surface area contributed by atoms with Crippen molar-refractivity contribution in [3.05, 3.63) is 40.8 Å². The molecule has 0 spiro atoms. The van der Waals surface area contributed by atoms with Gasteiger partial charge in [0.25, 0.3) is 0 Å². The van der Waals surface area contributed by atoms with Gasteiger partial charge in [-0.1, -0.05) is 0 Å². The third kappa shape index (κ3) is 1.82. The number of aromatic nitrogens is 3. The smallest absolute Gasteiger partial charge is 0.339 e. The Morgan fingerprint density at radius 1 is 1.44 bits per heavy atom. The van der Waals surface area contributed by atoms with Gasteiger partial charge in [0.1, 0.15) is 11.6 Å². The topological polar surface area (TPSA) is 91.8 Å². The van der Waals surface area contributed by atoms with Crippen LogP contribution in [0.15, 0.2) is 18.3 Å². The Hall–Kier alpha value is -2.68. The van der Waals surface area contributed by atoms with Crippen molar-refractivity contribution in [3.63, 3.8) is 0 Å². The van der Waals surface area contributed by atoms with Crippen molar-refractivity contribution in [2.75, 3.05) is 0 Å². The molecule has 0 aliphatic heterocycles. The van der Waals surface area contributed by atoms with Crippen LogP contribution in [-0.4, -0.2) is 25.8 Å². The van der Waals surface area contributed by atoms with E-state index in [1.54, 1.807) is 26.0 Å². The Morgan fingerprint density at radius 3 is 2.61 bits per heavy atom. The number of carboxylic acid groups (broad SMARTS) is 1. The summed E-state index contributed by atoms with van der Waals surface area (Å²) >= 11 is 0. The number of aryl methyl sites for hydroxylation is 1. The number of carbonyl (C=O) groups is 1. The van der Waals surface area contributed by atoms with Gasteiger partial charge in [-0.15, -0.1) is 0 Å². The Kier molecular flexibility index (Phi) is 2.81. The van der Waals surface area contributed by atoms with Crippen LogP contribution in [0.1, 0.15) is 27.3 Å². The molecule has 6 nitrogen and oxygen atoms in total. The van der Waals surface area contributed by atoms with Crippen molar-refractivity contribution in [2.45, 2.75) is 13.8 Å². The lowest BCUT2D eigenvalue weighted by molar-refractivity contribution is 0.0695. The predicted octanol–water partition coefficient (Wildman–Crippen LogP) is 1.45. The summed E-state index contributed by atoms with van der Waals surface area (Å²) in [6.07, 6.45) is 1.42. The Morgan fingerprint density at radius 2 is 2.17 bits per heavy atom. The summed E-state index contributed by atoms with van der Waals surface area (Å²) < 4.78 is 1.46. The molecule has 6 heteroatoms. The number of nitriles is 1. The molecule has 1 N–H and O–H groups in total. The van der Waals surface area contributed by atoms with E-state index in [-0.39, 0.29) is 5.56 Å². The molecule has 0 saturated carbocycles. The van der Waals surface area contributed by atoms with E-state index in [0.29, 0.717) is 22.8 Å². The molecule has 0 atom stereocenters. The first-order valence-electron chi connectivity index (χ1n) is 5.20. The SMILES string of the molecule is Cc1nn(-c2ccc(C#N)cn2)c(C)c1C(=O)O. The fourth-order valence-corrected chi connectivity index (χ4v) is 1.75. The number of hydrogen-bond donors (Lipinski definition) is 1. The molecule has 0 aliphatic carbocycles. The van der Waals surface area contributed by atoms with Gasteiger partial charge in [-0.25, -0.2) is 14.5 Å². The third-order valence-electron chi connectivity index (χ3n) is 2.60. The van der Waals surface area contributed by atoms with Gasteiger partial charge >= 0.3 is 5.97 Å². The fraction of sp³-hybridized carbons (Fsp3) is 0.167. The standard InChI is InChI=1S/C12H10N4O2/c1-7-11(12(17)18)8(2)16(15-7)10-4-3-9(5-13)6-14-10/h3-4,6H,1-2H3,(H,17,18). The van der Waals surface area contributed by atoms with Gasteiger partial charge in [-0.3, -0.25) is 0 Å². The Bertz CT molecular complexity index is 650. The highest BCUT2D eigenvalue weighted by molar-refractivity contribution is 5.90. The van der Waals surface area contributed by atoms with Crippen LogP contribution in [0, 0.1) is 25.2 Å². The maximum Gasteiger partial charge on any atom is 0.339 e. The van der Waals surface area contributed by atoms with Gasteiger partial charge in [-0.2, -0.15) is 10.4 Å². The quantitative estimate of drug-likeness (QED) is 0.860. The van der Waals surface area contributed by atoms with Crippen LogP contribution in [0.4, 0.5) is 0 Å². The molecule has 0 unspecified atom stereocenters. The molecule has 0 bridgehead atoms. The monoisotopic (exact) mass is 242 g/mol. The van der Waals surface area contributed by atoms with Crippen LogP contribution >= 0.6 is 0 Å². The molecule has 0 fully saturated rings. The molecule has 0 aliphatic rings. The van der Waals surface area contributed by atoms with Crippen LogP contribution in [0.3, 0.4) is 0 Å². The number of carboxylic acids is 1. The van der Waals surface area contributed by atoms with E-state index in [4.69, 9.17) is 10.4 Å². The maximum absolute atomic E-state index is 11.1. The normalized spacial score (nSPS) is 10.1. The molecule has 0 aromatic carbocycles. The highest BCUT2D eigenvalue weighted by atomic mass is 16.4. The second kappa shape index (κ2) is 4.30. The van der Waals surface area contributed by atoms with E-state index in [1.165, 1.54) is 10.9 Å². The number of aromatic carboxylic acids is 1. The van der Waals surface area contributed by atoms with Crippen LogP contribution in [0.25, 0.3) is 5.82 Å². The molecule has 0 amide bonds. The van der Waals surface area contributed by atoms with E-state index < -0.39 is 5.97 Å². The summed E-state index contributed by atoms with van der Waals surface area (Å²) in [7, 11) is 0. The Labute approximate surface area is 103 Å². The Balaban J connectivity index is 2.55. The minimum absolute atomic E-state index is 0.182. The first kappa shape index (κ1) is 11.8. The zero-order valence-corrected chi connectivity index (χ0v) is 9.88. The third-order valence-corrected chi connectivity index (χ3v) is 2.60. The summed E-state index contributed by atoms with van der Waals surface area (Å²) in [6.45, 7) is 3.31.